The molecule has 1 amide bonds. The molecule has 0 radical (unpaired) electrons. The highest BCUT2D eigenvalue weighted by molar-refractivity contribution is 5.77. The second kappa shape index (κ2) is 3.69. The first kappa shape index (κ1) is 10.6. The van der Waals surface area contributed by atoms with Crippen LogP contribution < -0.4 is 5.73 Å². The van der Waals surface area contributed by atoms with Crippen molar-refractivity contribution < 1.29 is 4.79 Å². The molecule has 1 fully saturated rings. The summed E-state index contributed by atoms with van der Waals surface area (Å²) in [6.07, 6.45) is 4.48. The number of amides is 1. The van der Waals surface area contributed by atoms with Crippen molar-refractivity contribution in [3.63, 3.8) is 0 Å². The molecule has 1 saturated carbocycles. The molecule has 13 heavy (non-hydrogen) atoms. The predicted octanol–water partition coefficient (Wildman–Crippen LogP) is 2.32. The minimum atomic E-state index is -0.0910. The maximum Gasteiger partial charge on any atom is 0.220 e. The normalized spacial score (nSPS) is 19.9. The topological polar surface area (TPSA) is 43.1 Å². The standard InChI is InChI=1S/C11H21NO/c1-11(2,3)7-6-9(10(12)13)8-4-5-8/h8-9H,4-7H2,1-3H3,(H2,12,13). The second-order valence-electron chi connectivity index (χ2n) is 5.45. The molecule has 1 aliphatic rings. The van der Waals surface area contributed by atoms with Crippen molar-refractivity contribution in [3.05, 3.63) is 0 Å². The molecule has 0 bridgehead atoms. The van der Waals surface area contributed by atoms with E-state index in [-0.39, 0.29) is 11.8 Å². The largest absolute Gasteiger partial charge is 0.369 e. The lowest BCUT2D eigenvalue weighted by molar-refractivity contribution is -0.122. The van der Waals surface area contributed by atoms with Gasteiger partial charge in [0.05, 0.1) is 0 Å². The van der Waals surface area contributed by atoms with E-state index in [1.165, 1.54) is 12.8 Å². The smallest absolute Gasteiger partial charge is 0.220 e. The summed E-state index contributed by atoms with van der Waals surface area (Å²) in [6.45, 7) is 6.62. The van der Waals surface area contributed by atoms with Gasteiger partial charge in [0.1, 0.15) is 0 Å². The highest BCUT2D eigenvalue weighted by Crippen LogP contribution is 2.40. The van der Waals surface area contributed by atoms with E-state index in [9.17, 15) is 4.79 Å². The van der Waals surface area contributed by atoms with Gasteiger partial charge in [-0.1, -0.05) is 20.8 Å². The average Bonchev–Trinajstić information content (AvgIpc) is 2.67. The molecule has 2 N–H and O–H groups in total. The zero-order valence-electron chi connectivity index (χ0n) is 8.97. The van der Waals surface area contributed by atoms with E-state index in [4.69, 9.17) is 5.73 Å². The zero-order chi connectivity index (χ0) is 10.1. The van der Waals surface area contributed by atoms with Gasteiger partial charge in [-0.15, -0.1) is 0 Å². The Kier molecular flexibility index (Phi) is 2.99. The van der Waals surface area contributed by atoms with Crippen LogP contribution in [0.1, 0.15) is 46.5 Å². The fourth-order valence-corrected chi connectivity index (χ4v) is 1.70. The summed E-state index contributed by atoms with van der Waals surface area (Å²) in [6, 6.07) is 0. The van der Waals surface area contributed by atoms with Crippen LogP contribution in [0.4, 0.5) is 0 Å². The molecule has 0 heterocycles. The van der Waals surface area contributed by atoms with E-state index >= 15 is 0 Å². The van der Waals surface area contributed by atoms with Crippen LogP contribution in [0.25, 0.3) is 0 Å². The number of hydrogen-bond donors (Lipinski definition) is 1. The fourth-order valence-electron chi connectivity index (χ4n) is 1.70. The van der Waals surface area contributed by atoms with E-state index in [1.807, 2.05) is 0 Å². The summed E-state index contributed by atoms with van der Waals surface area (Å²) in [5.41, 5.74) is 5.69. The number of carbonyl (C=O) groups excluding carboxylic acids is 1. The maximum absolute atomic E-state index is 11.1. The van der Waals surface area contributed by atoms with Crippen molar-refractivity contribution >= 4 is 5.91 Å². The molecule has 2 heteroatoms. The number of rotatable bonds is 4. The molecule has 0 spiro atoms. The first-order valence-corrected chi connectivity index (χ1v) is 5.19. The van der Waals surface area contributed by atoms with Crippen LogP contribution in [0, 0.1) is 17.3 Å². The highest BCUT2D eigenvalue weighted by Gasteiger charge is 2.35. The van der Waals surface area contributed by atoms with Crippen molar-refractivity contribution in [1.29, 1.82) is 0 Å². The van der Waals surface area contributed by atoms with Crippen LogP contribution in [0.15, 0.2) is 0 Å². The van der Waals surface area contributed by atoms with Crippen molar-refractivity contribution in [2.45, 2.75) is 46.5 Å². The SMILES string of the molecule is CC(C)(C)CCC(C(N)=O)C1CC1. The molecule has 0 aromatic rings. The molecule has 1 atom stereocenters. The Balaban J connectivity index is 2.35. The number of primary amides is 1. The second-order valence-corrected chi connectivity index (χ2v) is 5.45. The van der Waals surface area contributed by atoms with Crippen molar-refractivity contribution in [1.82, 2.24) is 0 Å². The lowest BCUT2D eigenvalue weighted by atomic mass is 9.85. The van der Waals surface area contributed by atoms with Crippen LogP contribution in [0.3, 0.4) is 0 Å². The summed E-state index contributed by atoms with van der Waals surface area (Å²) in [7, 11) is 0. The van der Waals surface area contributed by atoms with Crippen molar-refractivity contribution in [2.24, 2.45) is 23.0 Å². The third-order valence-electron chi connectivity index (χ3n) is 2.76. The summed E-state index contributed by atoms with van der Waals surface area (Å²) >= 11 is 0. The first-order chi connectivity index (χ1) is 5.90. The van der Waals surface area contributed by atoms with Crippen LogP contribution in [-0.2, 0) is 4.79 Å². The van der Waals surface area contributed by atoms with Gasteiger partial charge in [-0.25, -0.2) is 0 Å². The van der Waals surface area contributed by atoms with Crippen LogP contribution in [0.5, 0.6) is 0 Å². The van der Waals surface area contributed by atoms with Crippen LogP contribution in [0.2, 0.25) is 0 Å². The molecular weight excluding hydrogens is 162 g/mol. The van der Waals surface area contributed by atoms with Gasteiger partial charge in [-0.05, 0) is 37.0 Å². The maximum atomic E-state index is 11.1. The van der Waals surface area contributed by atoms with Gasteiger partial charge in [0.15, 0.2) is 0 Å². The zero-order valence-corrected chi connectivity index (χ0v) is 8.97. The Morgan fingerprint density at radius 3 is 2.31 bits per heavy atom. The van der Waals surface area contributed by atoms with Crippen molar-refractivity contribution in [2.75, 3.05) is 0 Å². The van der Waals surface area contributed by atoms with E-state index in [0.29, 0.717) is 11.3 Å². The molecule has 0 saturated heterocycles. The minimum absolute atomic E-state index is 0.0910. The average molecular weight is 183 g/mol. The van der Waals surface area contributed by atoms with Gasteiger partial charge in [-0.2, -0.15) is 0 Å². The summed E-state index contributed by atoms with van der Waals surface area (Å²) in [4.78, 5) is 11.1. The third kappa shape index (κ3) is 3.79. The molecule has 0 aliphatic heterocycles. The van der Waals surface area contributed by atoms with Crippen LogP contribution >= 0.6 is 0 Å². The Morgan fingerprint density at radius 1 is 1.46 bits per heavy atom. The highest BCUT2D eigenvalue weighted by atomic mass is 16.1. The van der Waals surface area contributed by atoms with E-state index in [2.05, 4.69) is 20.8 Å². The molecule has 1 rings (SSSR count). The van der Waals surface area contributed by atoms with Gasteiger partial charge in [0, 0.05) is 5.92 Å². The summed E-state index contributed by atoms with van der Waals surface area (Å²) < 4.78 is 0. The van der Waals surface area contributed by atoms with Gasteiger partial charge in [0.2, 0.25) is 5.91 Å². The van der Waals surface area contributed by atoms with Gasteiger partial charge in [0.25, 0.3) is 0 Å². The van der Waals surface area contributed by atoms with Crippen LogP contribution in [-0.4, -0.2) is 5.91 Å². The lowest BCUT2D eigenvalue weighted by Crippen LogP contribution is -2.26. The Labute approximate surface area is 80.9 Å². The van der Waals surface area contributed by atoms with E-state index in [0.717, 1.165) is 12.8 Å². The fraction of sp³-hybridized carbons (Fsp3) is 0.909. The molecule has 0 aromatic heterocycles. The number of hydrogen-bond acceptors (Lipinski definition) is 1. The number of nitrogens with two attached hydrogens (primary N) is 1. The first-order valence-electron chi connectivity index (χ1n) is 5.19. The molecular formula is C11H21NO. The molecule has 2 nitrogen and oxygen atoms in total. The number of carbonyl (C=O) groups is 1. The quantitative estimate of drug-likeness (QED) is 0.714. The monoisotopic (exact) mass is 183 g/mol. The minimum Gasteiger partial charge on any atom is -0.369 e. The van der Waals surface area contributed by atoms with E-state index in [1.54, 1.807) is 0 Å². The molecule has 0 aromatic carbocycles. The Hall–Kier alpha value is -0.530. The molecule has 1 aliphatic carbocycles. The summed E-state index contributed by atoms with van der Waals surface area (Å²) in [5, 5.41) is 0. The molecule has 76 valence electrons. The van der Waals surface area contributed by atoms with Gasteiger partial charge >= 0.3 is 0 Å². The van der Waals surface area contributed by atoms with E-state index < -0.39 is 0 Å². The Morgan fingerprint density at radius 2 is 2.00 bits per heavy atom. The summed E-state index contributed by atoms with van der Waals surface area (Å²) in [5.74, 6) is 0.672. The lowest BCUT2D eigenvalue weighted by Gasteiger charge is -2.21. The van der Waals surface area contributed by atoms with Gasteiger partial charge < -0.3 is 5.73 Å². The van der Waals surface area contributed by atoms with Gasteiger partial charge in [-0.3, -0.25) is 4.79 Å². The molecule has 1 unspecified atom stereocenters. The van der Waals surface area contributed by atoms with Crippen molar-refractivity contribution in [3.8, 4) is 0 Å². The Bertz CT molecular complexity index is 189. The predicted molar refractivity (Wildman–Crippen MR) is 54.1 cm³/mol. The third-order valence-corrected chi connectivity index (χ3v) is 2.76.